The molecule has 1 aliphatic rings. The second kappa shape index (κ2) is 10.00. The maximum atomic E-state index is 13.1. The zero-order valence-electron chi connectivity index (χ0n) is 19.9. The minimum absolute atomic E-state index is 0.0309. The molecule has 0 spiro atoms. The van der Waals surface area contributed by atoms with Crippen molar-refractivity contribution in [2.45, 2.75) is 58.1 Å². The van der Waals surface area contributed by atoms with E-state index < -0.39 is 17.6 Å². The fourth-order valence-corrected chi connectivity index (χ4v) is 4.30. The van der Waals surface area contributed by atoms with Crippen LogP contribution < -0.4 is 5.43 Å². The lowest BCUT2D eigenvalue weighted by Crippen LogP contribution is -2.55. The van der Waals surface area contributed by atoms with Crippen LogP contribution in [0.1, 0.15) is 56.8 Å². The molecular weight excluding hydrogens is 442 g/mol. The number of rotatable bonds is 3. The molecule has 3 rings (SSSR count). The third-order valence-corrected chi connectivity index (χ3v) is 5.91. The van der Waals surface area contributed by atoms with Gasteiger partial charge in [-0.1, -0.05) is 30.2 Å². The Kier molecular flexibility index (Phi) is 7.52. The Morgan fingerprint density at radius 2 is 1.70 bits per heavy atom. The molecule has 0 aliphatic heterocycles. The first-order chi connectivity index (χ1) is 15.4. The Balaban J connectivity index is 1.84. The van der Waals surface area contributed by atoms with E-state index in [0.29, 0.717) is 23.4 Å². The number of carbonyl (C=O) groups is 3. The fraction of sp³-hybridized carbons (Fsp3) is 0.480. The predicted octanol–water partition coefficient (Wildman–Crippen LogP) is 5.02. The maximum absolute atomic E-state index is 13.1. The van der Waals surface area contributed by atoms with Crippen LogP contribution in [0.5, 0.6) is 0 Å². The molecular formula is C25H32ClN3O4. The number of ether oxygens (including phenoxy) is 1. The predicted molar refractivity (Wildman–Crippen MR) is 129 cm³/mol. The van der Waals surface area contributed by atoms with Gasteiger partial charge in [-0.15, -0.1) is 0 Å². The summed E-state index contributed by atoms with van der Waals surface area (Å²) in [6.45, 7) is 5.33. The van der Waals surface area contributed by atoms with Crippen molar-refractivity contribution in [1.82, 2.24) is 15.3 Å². The van der Waals surface area contributed by atoms with Crippen LogP contribution in [0, 0.1) is 5.92 Å². The summed E-state index contributed by atoms with van der Waals surface area (Å²) in [5, 5.41) is 3.68. The molecule has 1 unspecified atom stereocenters. The summed E-state index contributed by atoms with van der Waals surface area (Å²) >= 11 is 6.05. The minimum Gasteiger partial charge on any atom is -0.442 e. The number of hydrogen-bond acceptors (Lipinski definition) is 4. The van der Waals surface area contributed by atoms with Crippen molar-refractivity contribution in [2.75, 3.05) is 14.1 Å². The van der Waals surface area contributed by atoms with E-state index in [0.717, 1.165) is 23.6 Å². The standard InChI is InChI=1S/C25H32ClN3O4/c1-25(2,3)33-24(32)29(21-8-6-7-19(15-21)23(31)28(4)5)27-22(30)18-10-9-17-14-20(26)12-11-16(17)13-18/h9-14,19,21H,6-8,15H2,1-5H3,(H,27,30)/t19-,21?/m0/s1. The van der Waals surface area contributed by atoms with E-state index in [2.05, 4.69) is 5.43 Å². The van der Waals surface area contributed by atoms with E-state index >= 15 is 0 Å². The van der Waals surface area contributed by atoms with E-state index in [1.807, 2.05) is 18.2 Å². The number of hydrazine groups is 1. The molecule has 8 heteroatoms. The van der Waals surface area contributed by atoms with Crippen molar-refractivity contribution < 1.29 is 19.1 Å². The molecule has 0 aromatic heterocycles. The van der Waals surface area contributed by atoms with Crippen molar-refractivity contribution in [3.8, 4) is 0 Å². The summed E-state index contributed by atoms with van der Waals surface area (Å²) in [4.78, 5) is 40.3. The van der Waals surface area contributed by atoms with Crippen LogP contribution in [-0.2, 0) is 9.53 Å². The van der Waals surface area contributed by atoms with E-state index in [9.17, 15) is 14.4 Å². The first kappa shape index (κ1) is 24.8. The Bertz CT molecular complexity index is 1050. The Morgan fingerprint density at radius 1 is 1.03 bits per heavy atom. The SMILES string of the molecule is CN(C)C(=O)[C@H]1CCCC(N(NC(=O)c2ccc3cc(Cl)ccc3c2)C(=O)OC(C)(C)C)C1. The summed E-state index contributed by atoms with van der Waals surface area (Å²) in [5.41, 5.74) is 2.44. The molecule has 33 heavy (non-hydrogen) atoms. The molecule has 0 saturated heterocycles. The molecule has 1 fully saturated rings. The number of nitrogens with one attached hydrogen (secondary N) is 1. The van der Waals surface area contributed by atoms with Gasteiger partial charge in [0.25, 0.3) is 5.91 Å². The van der Waals surface area contributed by atoms with Gasteiger partial charge in [-0.25, -0.2) is 9.80 Å². The molecule has 178 valence electrons. The molecule has 0 heterocycles. The van der Waals surface area contributed by atoms with Gasteiger partial charge >= 0.3 is 6.09 Å². The minimum atomic E-state index is -0.726. The molecule has 0 radical (unpaired) electrons. The first-order valence-corrected chi connectivity index (χ1v) is 11.6. The molecule has 2 aromatic rings. The maximum Gasteiger partial charge on any atom is 0.429 e. The van der Waals surface area contributed by atoms with Crippen molar-refractivity contribution >= 4 is 40.3 Å². The van der Waals surface area contributed by atoms with Gasteiger partial charge in [0.05, 0.1) is 6.04 Å². The monoisotopic (exact) mass is 473 g/mol. The highest BCUT2D eigenvalue weighted by atomic mass is 35.5. The smallest absolute Gasteiger partial charge is 0.429 e. The zero-order valence-corrected chi connectivity index (χ0v) is 20.6. The van der Waals surface area contributed by atoms with E-state index in [1.54, 1.807) is 58.0 Å². The van der Waals surface area contributed by atoms with Crippen molar-refractivity contribution in [2.24, 2.45) is 5.92 Å². The van der Waals surface area contributed by atoms with Crippen LogP contribution in [-0.4, -0.2) is 53.6 Å². The van der Waals surface area contributed by atoms with Crippen LogP contribution in [0.3, 0.4) is 0 Å². The Morgan fingerprint density at radius 3 is 2.36 bits per heavy atom. The van der Waals surface area contributed by atoms with Crippen LogP contribution in [0.25, 0.3) is 10.8 Å². The third kappa shape index (κ3) is 6.38. The summed E-state index contributed by atoms with van der Waals surface area (Å²) in [5.74, 6) is -0.590. The third-order valence-electron chi connectivity index (χ3n) is 5.68. The van der Waals surface area contributed by atoms with Crippen LogP contribution in [0.2, 0.25) is 5.02 Å². The van der Waals surface area contributed by atoms with Gasteiger partial charge < -0.3 is 9.64 Å². The second-order valence-corrected chi connectivity index (χ2v) is 10.2. The van der Waals surface area contributed by atoms with Gasteiger partial charge in [-0.05, 0) is 75.1 Å². The molecule has 0 bridgehead atoms. The van der Waals surface area contributed by atoms with Gasteiger partial charge in [0.2, 0.25) is 5.91 Å². The van der Waals surface area contributed by atoms with Gasteiger partial charge in [0, 0.05) is 30.6 Å². The fourth-order valence-electron chi connectivity index (χ4n) is 4.12. The molecule has 3 amide bonds. The molecule has 2 aromatic carbocycles. The topological polar surface area (TPSA) is 79.0 Å². The largest absolute Gasteiger partial charge is 0.442 e. The van der Waals surface area contributed by atoms with Gasteiger partial charge in [0.1, 0.15) is 5.60 Å². The number of fused-ring (bicyclic) bond motifs is 1. The number of carbonyl (C=O) groups excluding carboxylic acids is 3. The highest BCUT2D eigenvalue weighted by Crippen LogP contribution is 2.29. The molecule has 1 N–H and O–H groups in total. The molecule has 7 nitrogen and oxygen atoms in total. The van der Waals surface area contributed by atoms with Crippen LogP contribution >= 0.6 is 11.6 Å². The van der Waals surface area contributed by atoms with Crippen molar-refractivity contribution in [3.05, 3.63) is 47.0 Å². The summed E-state index contributed by atoms with van der Waals surface area (Å²) in [6, 6.07) is 10.4. The van der Waals surface area contributed by atoms with Gasteiger partial charge in [0.15, 0.2) is 0 Å². The van der Waals surface area contributed by atoms with E-state index in [-0.39, 0.29) is 17.9 Å². The van der Waals surface area contributed by atoms with Crippen LogP contribution in [0.15, 0.2) is 36.4 Å². The van der Waals surface area contributed by atoms with Crippen molar-refractivity contribution in [3.63, 3.8) is 0 Å². The average Bonchev–Trinajstić information content (AvgIpc) is 2.75. The summed E-state index contributed by atoms with van der Waals surface area (Å²) < 4.78 is 5.58. The normalized spacial score (nSPS) is 18.5. The number of nitrogens with zero attached hydrogens (tertiary/aromatic N) is 2. The summed E-state index contributed by atoms with van der Waals surface area (Å²) in [7, 11) is 3.46. The average molecular weight is 474 g/mol. The molecule has 2 atom stereocenters. The van der Waals surface area contributed by atoms with Gasteiger partial charge in [-0.2, -0.15) is 0 Å². The number of benzene rings is 2. The number of hydrogen-bond donors (Lipinski definition) is 1. The van der Waals surface area contributed by atoms with Crippen LogP contribution in [0.4, 0.5) is 4.79 Å². The van der Waals surface area contributed by atoms with Gasteiger partial charge in [-0.3, -0.25) is 15.0 Å². The highest BCUT2D eigenvalue weighted by molar-refractivity contribution is 6.31. The lowest BCUT2D eigenvalue weighted by Gasteiger charge is -2.38. The Hall–Kier alpha value is -2.80. The first-order valence-electron chi connectivity index (χ1n) is 11.2. The zero-order chi connectivity index (χ0) is 24.3. The van der Waals surface area contributed by atoms with E-state index in [4.69, 9.17) is 16.3 Å². The second-order valence-electron chi connectivity index (χ2n) is 9.75. The number of halogens is 1. The number of amides is 3. The summed E-state index contributed by atoms with van der Waals surface area (Å²) in [6.07, 6.45) is 2.04. The lowest BCUT2D eigenvalue weighted by atomic mass is 9.84. The quantitative estimate of drug-likeness (QED) is 0.634. The van der Waals surface area contributed by atoms with Crippen molar-refractivity contribution in [1.29, 1.82) is 0 Å². The Labute approximate surface area is 200 Å². The molecule has 1 saturated carbocycles. The highest BCUT2D eigenvalue weighted by Gasteiger charge is 2.36. The van der Waals surface area contributed by atoms with E-state index in [1.165, 1.54) is 5.01 Å². The molecule has 1 aliphatic carbocycles. The lowest BCUT2D eigenvalue weighted by molar-refractivity contribution is -0.134.